The molecule has 12 aromatic rings. The van der Waals surface area contributed by atoms with E-state index in [2.05, 4.69) is 0 Å². The van der Waals surface area contributed by atoms with Gasteiger partial charge in [0.25, 0.3) is 0 Å². The fourth-order valence-corrected chi connectivity index (χ4v) is 21.9. The number of halogens is 13. The molecule has 4 aliphatic heterocycles. The summed E-state index contributed by atoms with van der Waals surface area (Å²) in [6.07, 6.45) is -15.9. The minimum atomic E-state index is -3.99. The molecule has 9 nitrogen and oxygen atoms in total. The first-order valence-electron chi connectivity index (χ1n) is 31.7. The van der Waals surface area contributed by atoms with Gasteiger partial charge in [0.1, 0.15) is 0 Å². The molecule has 2 N–H and O–H groups in total. The van der Waals surface area contributed by atoms with Gasteiger partial charge in [-0.05, 0) is 144 Å². The number of rotatable bonds is 14. The van der Waals surface area contributed by atoms with Gasteiger partial charge in [0.15, 0.2) is 46.0 Å². The zero-order chi connectivity index (χ0) is 74.8. The molecular weight excluding hydrogens is 1730 g/mol. The van der Waals surface area contributed by atoms with Crippen LogP contribution < -0.4 is 107 Å². The van der Waals surface area contributed by atoms with Gasteiger partial charge in [-0.2, -0.15) is 0 Å². The Kier molecular flexibility index (Phi) is 25.9. The number of alkyl halides is 8. The van der Waals surface area contributed by atoms with Crippen LogP contribution in [-0.4, -0.2) is 39.3 Å². The van der Waals surface area contributed by atoms with E-state index >= 15 is 0 Å². The fourth-order valence-electron chi connectivity index (χ4n) is 12.0. The molecule has 0 aliphatic carbocycles. The average molecular weight is 1790 g/mol. The Morgan fingerprint density at radius 1 is 0.264 bits per heavy atom. The van der Waals surface area contributed by atoms with Crippen LogP contribution in [0.5, 0.6) is 46.0 Å². The summed E-state index contributed by atoms with van der Waals surface area (Å²) in [5.74, 6) is -1.91. The number of hydrogen-bond acceptors (Lipinski definition) is 8. The standard InChI is InChI=1S/2C38H24F4O4P2.C2H7N.5ClH.2Ru/c2*39-37(40)43-29-21-23-31(47(25-13-5-1-6-14-25)26-15-7-2-8-16-26)33(35(29)45-37)34-32(24-22-30-36(34)46-38(41,42)44-30)48(27-17-9-3-10-18-27)28-19-11-4-12-20-28;1-3-2;;;;;;;/h2*1-24H;3H,1-2H3;5*1H;;/q;;;;;;;;2*+2/p-4. The zero-order valence-electron chi connectivity index (χ0n) is 55.0. The van der Waals surface area contributed by atoms with Gasteiger partial charge in [-0.25, -0.2) is 0 Å². The first-order valence-corrected chi connectivity index (χ1v) is 48.3. The molecule has 0 aromatic heterocycles. The van der Waals surface area contributed by atoms with Crippen LogP contribution in [-0.2, 0) is 28.1 Å². The van der Waals surface area contributed by atoms with Crippen molar-refractivity contribution in [2.75, 3.05) is 14.1 Å². The molecule has 12 aromatic carbocycles. The molecule has 0 spiro atoms. The molecule has 4 heterocycles. The summed E-state index contributed by atoms with van der Waals surface area (Å²) >= 11 is -2.10. The van der Waals surface area contributed by atoms with Gasteiger partial charge in [-0.15, -0.1) is 35.1 Å². The third kappa shape index (κ3) is 18.2. The maximum atomic E-state index is 15.0. The molecule has 0 saturated carbocycles. The first-order chi connectivity index (χ1) is 51.1. The second-order valence-electron chi connectivity index (χ2n) is 22.6. The third-order valence-corrected chi connectivity index (χ3v) is 25.7. The van der Waals surface area contributed by atoms with Gasteiger partial charge >= 0.3 is 102 Å². The predicted octanol–water partition coefficient (Wildman–Crippen LogP) is 17.3. The Labute approximate surface area is 643 Å². The van der Waals surface area contributed by atoms with Crippen LogP contribution in [0.1, 0.15) is 0 Å². The van der Waals surface area contributed by atoms with Gasteiger partial charge in [0, 0.05) is 22.3 Å². The number of hydrogen-bond donors (Lipinski definition) is 1. The van der Waals surface area contributed by atoms with Gasteiger partial charge in [0.2, 0.25) is 0 Å². The van der Waals surface area contributed by atoms with Crippen molar-refractivity contribution in [1.29, 1.82) is 0 Å². The van der Waals surface area contributed by atoms with E-state index in [0.717, 1.165) is 42.4 Å². The van der Waals surface area contributed by atoms with E-state index in [1.807, 2.05) is 262 Å². The van der Waals surface area contributed by atoms with Crippen LogP contribution in [0.3, 0.4) is 0 Å². The summed E-state index contributed by atoms with van der Waals surface area (Å²) in [7, 11) is 22.7. The van der Waals surface area contributed by atoms with Gasteiger partial charge < -0.3 is 43.2 Å². The Hall–Kier alpha value is -7.14. The number of ether oxygens (including phenoxy) is 8. The zero-order valence-corrected chi connectivity index (χ0v) is 65.8. The van der Waals surface area contributed by atoms with E-state index in [9.17, 15) is 35.1 Å². The SMILES string of the molecule is C[NH2+]C.FC1(F)Oc2ccc(P(c3ccccc3)c3ccccc3)c(-c3c(P(c4ccccc4)c4ccccc4)ccc4c3OC(F)(F)O4)c2O1.FC1(F)Oc2ccc(P(c3ccccc3)c3ccccc3)c(-c3c(P(c4ccccc4)c4ccccc4)ccc4c3OC(F)(F)O4)c2O1.[Cl][Ru-]([Cl])[Cl].[Cl][Ru][Cl]. The number of fused-ring (bicyclic) bond motifs is 4. The van der Waals surface area contributed by atoms with E-state index in [4.69, 9.17) is 86.4 Å². The molecule has 0 amide bonds. The van der Waals surface area contributed by atoms with Crippen LogP contribution in [0.4, 0.5) is 35.1 Å². The quantitative estimate of drug-likeness (QED) is 0.0654. The Bertz CT molecular complexity index is 4190. The molecule has 0 unspecified atom stereocenters. The van der Waals surface area contributed by atoms with E-state index in [1.54, 1.807) is 24.3 Å². The van der Waals surface area contributed by atoms with Crippen LogP contribution in [0, 0.1) is 0 Å². The summed E-state index contributed by atoms with van der Waals surface area (Å²) in [4.78, 5) is 0. The molecule has 0 saturated heterocycles. The minimum absolute atomic E-state index is 0.177. The van der Waals surface area contributed by atoms with Crippen molar-refractivity contribution in [1.82, 2.24) is 0 Å². The molecule has 4 aliphatic rings. The second-order valence-corrected chi connectivity index (χ2v) is 41.9. The Balaban J connectivity index is 0.000000177. The van der Waals surface area contributed by atoms with Crippen molar-refractivity contribution >= 4 is 144 Å². The molecule has 28 heteroatoms. The van der Waals surface area contributed by atoms with Crippen LogP contribution in [0.25, 0.3) is 22.3 Å². The van der Waals surface area contributed by atoms with Crippen molar-refractivity contribution in [2.45, 2.75) is 25.2 Å². The third-order valence-electron chi connectivity index (χ3n) is 15.8. The van der Waals surface area contributed by atoms with Crippen molar-refractivity contribution in [3.8, 4) is 68.2 Å². The van der Waals surface area contributed by atoms with Crippen LogP contribution >= 0.6 is 80.1 Å². The van der Waals surface area contributed by atoms with Gasteiger partial charge in [0.05, 0.1) is 14.1 Å². The van der Waals surface area contributed by atoms with Crippen molar-refractivity contribution in [3.63, 3.8) is 0 Å². The van der Waals surface area contributed by atoms with E-state index in [1.165, 1.54) is 24.3 Å². The van der Waals surface area contributed by atoms with Crippen molar-refractivity contribution < 1.29 is 106 Å². The summed E-state index contributed by atoms with van der Waals surface area (Å²) in [6, 6.07) is 89.7. The first kappa shape index (κ1) is 78.4. The molecule has 0 fully saturated rings. The monoisotopic (exact) mass is 1790 g/mol. The van der Waals surface area contributed by atoms with Crippen molar-refractivity contribution in [2.24, 2.45) is 0 Å². The molecule has 0 bridgehead atoms. The van der Waals surface area contributed by atoms with Crippen LogP contribution in [0.15, 0.2) is 291 Å². The van der Waals surface area contributed by atoms with Gasteiger partial charge in [-0.3, -0.25) is 0 Å². The molecule has 16 rings (SSSR count). The molecule has 106 heavy (non-hydrogen) atoms. The van der Waals surface area contributed by atoms with E-state index in [0.29, 0.717) is 21.2 Å². The van der Waals surface area contributed by atoms with Crippen molar-refractivity contribution in [3.05, 3.63) is 291 Å². The van der Waals surface area contributed by atoms with Crippen LogP contribution in [0.2, 0.25) is 0 Å². The Morgan fingerprint density at radius 3 is 0.528 bits per heavy atom. The maximum absolute atomic E-state index is 15.0. The molecule has 548 valence electrons. The summed E-state index contributed by atoms with van der Waals surface area (Å²) in [5, 5.41) is 11.7. The number of benzene rings is 12. The van der Waals surface area contributed by atoms with E-state index < -0.39 is 69.8 Å². The van der Waals surface area contributed by atoms with E-state index in [-0.39, 0.29) is 83.4 Å². The van der Waals surface area contributed by atoms with Gasteiger partial charge in [-0.1, -0.05) is 243 Å². The second kappa shape index (κ2) is 35.0. The molecule has 0 radical (unpaired) electrons. The average Bonchev–Trinajstić information content (AvgIpc) is 1.48. The summed E-state index contributed by atoms with van der Waals surface area (Å²) < 4.78 is 161. The number of quaternary nitrogens is 1. The number of nitrogens with two attached hydrogens (primary N) is 1. The predicted molar refractivity (Wildman–Crippen MR) is 406 cm³/mol. The Morgan fingerprint density at radius 2 is 0.396 bits per heavy atom. The summed E-state index contributed by atoms with van der Waals surface area (Å²) in [6.45, 7) is 0. The fraction of sp³-hybridized carbons (Fsp3) is 0.0769. The molecular formula is C78H56Cl5F8NO8P4Ru2. The normalized spacial score (nSPS) is 14.6. The molecule has 0 atom stereocenters. The summed E-state index contributed by atoms with van der Waals surface area (Å²) in [5.41, 5.74) is 0.707. The topological polar surface area (TPSA) is 90.5 Å².